The molecule has 2 aliphatic rings. The molecule has 3 atom stereocenters. The molecule has 0 spiro atoms. The van der Waals surface area contributed by atoms with E-state index in [-0.39, 0.29) is 24.2 Å². The van der Waals surface area contributed by atoms with Gasteiger partial charge in [0.15, 0.2) is 0 Å². The normalized spacial score (nSPS) is 20.2. The Balaban J connectivity index is 1.27. The fourth-order valence-corrected chi connectivity index (χ4v) is 6.24. The van der Waals surface area contributed by atoms with E-state index in [2.05, 4.69) is 9.47 Å². The number of hydrogen-bond donors (Lipinski definition) is 0. The van der Waals surface area contributed by atoms with Gasteiger partial charge in [-0.1, -0.05) is 29.8 Å². The number of benzene rings is 3. The molecule has 286 valence electrons. The summed E-state index contributed by atoms with van der Waals surface area (Å²) in [5.74, 6) is -8.18. The predicted octanol–water partition coefficient (Wildman–Crippen LogP) is 11.9. The molecule has 3 aromatic rings. The molecule has 1 fully saturated rings. The number of ether oxygens (including phenoxy) is 4. The molecule has 4 nitrogen and oxygen atoms in total. The first-order chi connectivity index (χ1) is 24.9. The van der Waals surface area contributed by atoms with Crippen LogP contribution in [0.15, 0.2) is 84.0 Å². The first kappa shape index (κ1) is 40.1. The Morgan fingerprint density at radius 1 is 0.830 bits per heavy atom. The van der Waals surface area contributed by atoms with E-state index in [1.54, 1.807) is 0 Å². The molecule has 0 aromatic heterocycles. The SMILES string of the molecule is CCOCC1CCC(C2C=C(F)C(C(F)(F)Oc3ccc(-c4cc(F)c(C(F)(F)Oc5ccc(/C=C/C(F)(F)F)cc5)c(Cl)c4)c(F)c3)=C(F)C2)OC1. The van der Waals surface area contributed by atoms with E-state index in [0.717, 1.165) is 48.5 Å². The third-order valence-electron chi connectivity index (χ3n) is 8.44. The van der Waals surface area contributed by atoms with Crippen molar-refractivity contribution in [1.29, 1.82) is 0 Å². The van der Waals surface area contributed by atoms with E-state index >= 15 is 35.1 Å². The lowest BCUT2D eigenvalue weighted by atomic mass is 9.85. The minimum absolute atomic E-state index is 0.00181. The highest BCUT2D eigenvalue weighted by Gasteiger charge is 2.46. The van der Waals surface area contributed by atoms with Crippen molar-refractivity contribution in [2.75, 3.05) is 19.8 Å². The zero-order valence-electron chi connectivity index (χ0n) is 27.6. The summed E-state index contributed by atoms with van der Waals surface area (Å²) in [5, 5.41) is -0.926. The van der Waals surface area contributed by atoms with Crippen LogP contribution in [0.3, 0.4) is 0 Å². The van der Waals surface area contributed by atoms with Crippen LogP contribution in [0.2, 0.25) is 5.02 Å². The average Bonchev–Trinajstić information content (AvgIpc) is 3.05. The van der Waals surface area contributed by atoms with Gasteiger partial charge in [0, 0.05) is 42.6 Å². The largest absolute Gasteiger partial charge is 0.432 e. The zero-order chi connectivity index (χ0) is 38.7. The minimum atomic E-state index is -4.60. The Kier molecular flexibility index (Phi) is 12.2. The second kappa shape index (κ2) is 16.1. The van der Waals surface area contributed by atoms with E-state index < -0.39 is 98.9 Å². The standard InChI is InChI=1S/C37H30ClF11O4/c1-2-50-18-21-5-10-32(51-19-21)23-15-30(41)34(31(42)16-23)37(48,49)53-25-8-9-26(28(39)17-25)22-13-27(38)33(29(40)14-22)36(46,47)52-24-6-3-20(4-7-24)11-12-35(43,44)45/h3-4,6-9,11-15,17,21,23,32H,2,5,10,16,18-19H2,1H3/b12-11+. The Morgan fingerprint density at radius 2 is 1.51 bits per heavy atom. The minimum Gasteiger partial charge on any atom is -0.429 e. The second-order valence-electron chi connectivity index (χ2n) is 12.3. The molecule has 1 aliphatic carbocycles. The monoisotopic (exact) mass is 782 g/mol. The topological polar surface area (TPSA) is 36.9 Å². The summed E-state index contributed by atoms with van der Waals surface area (Å²) in [6.07, 6.45) is -12.2. The van der Waals surface area contributed by atoms with E-state index in [1.807, 2.05) is 6.92 Å². The first-order valence-electron chi connectivity index (χ1n) is 16.1. The van der Waals surface area contributed by atoms with Crippen molar-refractivity contribution in [2.24, 2.45) is 11.8 Å². The molecular weight excluding hydrogens is 753 g/mol. The van der Waals surface area contributed by atoms with Crippen LogP contribution in [-0.4, -0.2) is 38.2 Å². The molecule has 0 amide bonds. The van der Waals surface area contributed by atoms with Crippen LogP contribution in [0.1, 0.15) is 37.3 Å². The third kappa shape index (κ3) is 9.92. The van der Waals surface area contributed by atoms with E-state index in [0.29, 0.717) is 44.3 Å². The van der Waals surface area contributed by atoms with Crippen molar-refractivity contribution < 1.29 is 67.2 Å². The summed E-state index contributed by atoms with van der Waals surface area (Å²) in [4.78, 5) is 0. The number of halogens is 12. The van der Waals surface area contributed by atoms with Crippen LogP contribution in [0.4, 0.5) is 48.3 Å². The molecule has 3 aromatic carbocycles. The summed E-state index contributed by atoms with van der Waals surface area (Å²) in [5.41, 5.74) is -4.01. The van der Waals surface area contributed by atoms with Crippen LogP contribution < -0.4 is 9.47 Å². The van der Waals surface area contributed by atoms with Crippen molar-refractivity contribution in [3.8, 4) is 22.6 Å². The van der Waals surface area contributed by atoms with Crippen LogP contribution in [0.5, 0.6) is 11.5 Å². The molecule has 1 heterocycles. The van der Waals surface area contributed by atoms with Gasteiger partial charge in [0.05, 0.1) is 24.3 Å². The highest BCUT2D eigenvalue weighted by molar-refractivity contribution is 6.31. The van der Waals surface area contributed by atoms with Gasteiger partial charge in [-0.05, 0) is 73.4 Å². The van der Waals surface area contributed by atoms with Gasteiger partial charge in [-0.3, -0.25) is 0 Å². The Hall–Kier alpha value is -4.08. The zero-order valence-corrected chi connectivity index (χ0v) is 28.3. The highest BCUT2D eigenvalue weighted by atomic mass is 35.5. The lowest BCUT2D eigenvalue weighted by molar-refractivity contribution is -0.187. The number of rotatable bonds is 12. The van der Waals surface area contributed by atoms with Crippen molar-refractivity contribution in [3.63, 3.8) is 0 Å². The average molecular weight is 783 g/mol. The maximum atomic E-state index is 15.2. The Bertz CT molecular complexity index is 1840. The number of allylic oxidation sites excluding steroid dienone is 2. The van der Waals surface area contributed by atoms with Gasteiger partial charge in [-0.25, -0.2) is 17.6 Å². The molecule has 5 rings (SSSR count). The van der Waals surface area contributed by atoms with Gasteiger partial charge >= 0.3 is 18.4 Å². The molecule has 0 N–H and O–H groups in total. The maximum absolute atomic E-state index is 15.2. The van der Waals surface area contributed by atoms with Gasteiger partial charge in [0.1, 0.15) is 45.9 Å². The van der Waals surface area contributed by atoms with Crippen LogP contribution >= 0.6 is 11.6 Å². The fraction of sp³-hybridized carbons (Fsp3) is 0.351. The fourth-order valence-electron chi connectivity index (χ4n) is 5.92. The van der Waals surface area contributed by atoms with E-state index in [1.165, 1.54) is 0 Å². The lowest BCUT2D eigenvalue weighted by Crippen LogP contribution is -2.36. The highest BCUT2D eigenvalue weighted by Crippen LogP contribution is 2.45. The van der Waals surface area contributed by atoms with Gasteiger partial charge in [-0.2, -0.15) is 30.7 Å². The third-order valence-corrected chi connectivity index (χ3v) is 8.74. The van der Waals surface area contributed by atoms with Crippen LogP contribution in [0, 0.1) is 23.5 Å². The molecule has 53 heavy (non-hydrogen) atoms. The first-order valence-corrected chi connectivity index (χ1v) is 16.5. The summed E-state index contributed by atoms with van der Waals surface area (Å²) in [6.45, 7) is 3.11. The van der Waals surface area contributed by atoms with E-state index in [9.17, 15) is 13.2 Å². The smallest absolute Gasteiger partial charge is 0.429 e. The molecule has 3 unspecified atom stereocenters. The van der Waals surface area contributed by atoms with Crippen molar-refractivity contribution in [2.45, 2.75) is 50.7 Å². The van der Waals surface area contributed by atoms with Gasteiger partial charge < -0.3 is 18.9 Å². The van der Waals surface area contributed by atoms with Gasteiger partial charge in [-0.15, -0.1) is 0 Å². The lowest BCUT2D eigenvalue weighted by Gasteiger charge is -2.34. The van der Waals surface area contributed by atoms with E-state index in [4.69, 9.17) is 21.1 Å². The van der Waals surface area contributed by atoms with Crippen molar-refractivity contribution in [3.05, 3.63) is 112 Å². The molecule has 16 heteroatoms. The summed E-state index contributed by atoms with van der Waals surface area (Å²) in [7, 11) is 0. The Labute approximate surface area is 301 Å². The Morgan fingerprint density at radius 3 is 2.09 bits per heavy atom. The summed E-state index contributed by atoms with van der Waals surface area (Å²) in [6, 6.07) is 7.19. The maximum Gasteiger partial charge on any atom is 0.432 e. The summed E-state index contributed by atoms with van der Waals surface area (Å²) < 4.78 is 178. The molecule has 0 radical (unpaired) electrons. The molecule has 0 bridgehead atoms. The van der Waals surface area contributed by atoms with Crippen molar-refractivity contribution in [1.82, 2.24) is 0 Å². The van der Waals surface area contributed by atoms with Gasteiger partial charge in [0.25, 0.3) is 0 Å². The quantitative estimate of drug-likeness (QED) is 0.172. The van der Waals surface area contributed by atoms with Crippen LogP contribution in [-0.2, 0) is 15.6 Å². The number of hydrogen-bond acceptors (Lipinski definition) is 4. The molecule has 0 saturated carbocycles. The molecular formula is C37H30ClF11O4. The predicted molar refractivity (Wildman–Crippen MR) is 173 cm³/mol. The molecule has 1 saturated heterocycles. The molecule has 1 aliphatic heterocycles. The van der Waals surface area contributed by atoms with Crippen molar-refractivity contribution >= 4 is 17.7 Å². The van der Waals surface area contributed by atoms with Gasteiger partial charge in [0.2, 0.25) is 0 Å². The second-order valence-corrected chi connectivity index (χ2v) is 12.7. The van der Waals surface area contributed by atoms with Crippen LogP contribution in [0.25, 0.3) is 17.2 Å². The number of alkyl halides is 7. The summed E-state index contributed by atoms with van der Waals surface area (Å²) >= 11 is 5.96.